The van der Waals surface area contributed by atoms with Crippen molar-refractivity contribution in [2.24, 2.45) is 0 Å². The van der Waals surface area contributed by atoms with Crippen LogP contribution in [0.3, 0.4) is 0 Å². The van der Waals surface area contributed by atoms with E-state index in [4.69, 9.17) is 0 Å². The average molecular weight is 200 g/mol. The number of unbranched alkanes of at least 4 members (excludes halogenated alkanes) is 1. The minimum Gasteiger partial charge on any atom is -0.390 e. The first kappa shape index (κ1) is 11.7. The Morgan fingerprint density at radius 2 is 1.86 bits per heavy atom. The summed E-state index contributed by atoms with van der Waals surface area (Å²) in [7, 11) is 0. The molecule has 0 aromatic carbocycles. The number of allylic oxidation sites excluding steroid dienone is 1. The van der Waals surface area contributed by atoms with Crippen LogP contribution in [-0.2, 0) is 0 Å². The van der Waals surface area contributed by atoms with Crippen LogP contribution in [0.5, 0.6) is 0 Å². The van der Waals surface area contributed by atoms with Crippen LogP contribution in [0.4, 0.5) is 0 Å². The molecule has 1 rings (SSSR count). The molecular weight excluding hydrogens is 180 g/mol. The first-order chi connectivity index (χ1) is 6.46. The highest BCUT2D eigenvalue weighted by molar-refractivity contribution is 5.19. The quantitative estimate of drug-likeness (QED) is 0.582. The van der Waals surface area contributed by atoms with E-state index in [1.54, 1.807) is 6.92 Å². The molecular formula is C11H20O3. The third kappa shape index (κ3) is 2.80. The molecule has 0 amide bonds. The SMILES string of the molecule is CCCC=C1[C@H](O)CC(C)(O)C[C@H]1O. The Hall–Kier alpha value is -0.380. The van der Waals surface area contributed by atoms with E-state index in [0.717, 1.165) is 12.8 Å². The maximum atomic E-state index is 9.71. The summed E-state index contributed by atoms with van der Waals surface area (Å²) in [5.74, 6) is 0. The van der Waals surface area contributed by atoms with Gasteiger partial charge in [0.05, 0.1) is 17.8 Å². The van der Waals surface area contributed by atoms with Gasteiger partial charge in [0.25, 0.3) is 0 Å². The Balaban J connectivity index is 2.70. The van der Waals surface area contributed by atoms with Gasteiger partial charge >= 0.3 is 0 Å². The highest BCUT2D eigenvalue weighted by atomic mass is 16.3. The van der Waals surface area contributed by atoms with E-state index in [9.17, 15) is 15.3 Å². The molecule has 2 atom stereocenters. The lowest BCUT2D eigenvalue weighted by Gasteiger charge is -2.36. The van der Waals surface area contributed by atoms with E-state index in [1.165, 1.54) is 0 Å². The molecule has 0 bridgehead atoms. The first-order valence-electron chi connectivity index (χ1n) is 5.24. The normalized spacial score (nSPS) is 38.5. The molecule has 82 valence electrons. The van der Waals surface area contributed by atoms with Crippen LogP contribution in [0, 0.1) is 0 Å². The molecule has 1 fully saturated rings. The smallest absolute Gasteiger partial charge is 0.0802 e. The van der Waals surface area contributed by atoms with Gasteiger partial charge in [0.15, 0.2) is 0 Å². The molecule has 1 aliphatic carbocycles. The van der Waals surface area contributed by atoms with Gasteiger partial charge in [-0.1, -0.05) is 19.4 Å². The third-order valence-corrected chi connectivity index (χ3v) is 2.70. The summed E-state index contributed by atoms with van der Waals surface area (Å²) in [4.78, 5) is 0. The van der Waals surface area contributed by atoms with Gasteiger partial charge in [-0.15, -0.1) is 0 Å². The molecule has 14 heavy (non-hydrogen) atoms. The lowest BCUT2D eigenvalue weighted by molar-refractivity contribution is -0.0492. The van der Waals surface area contributed by atoms with Crippen LogP contribution in [-0.4, -0.2) is 33.1 Å². The second-order valence-corrected chi connectivity index (χ2v) is 4.43. The summed E-state index contributed by atoms with van der Waals surface area (Å²) in [6.07, 6.45) is 3.01. The molecule has 3 N–H and O–H groups in total. The number of rotatable bonds is 2. The fourth-order valence-electron chi connectivity index (χ4n) is 1.96. The van der Waals surface area contributed by atoms with E-state index >= 15 is 0 Å². The second kappa shape index (κ2) is 4.43. The first-order valence-corrected chi connectivity index (χ1v) is 5.24. The van der Waals surface area contributed by atoms with E-state index in [0.29, 0.717) is 18.4 Å². The van der Waals surface area contributed by atoms with Crippen LogP contribution in [0.15, 0.2) is 11.6 Å². The van der Waals surface area contributed by atoms with Gasteiger partial charge in [-0.3, -0.25) is 0 Å². The standard InChI is InChI=1S/C11H20O3/c1-3-4-5-8-9(12)6-11(2,14)7-10(8)13/h5,9-10,12-14H,3-4,6-7H2,1-2H3/t9-,10-,11?/m1/s1. The van der Waals surface area contributed by atoms with Crippen molar-refractivity contribution in [1.82, 2.24) is 0 Å². The van der Waals surface area contributed by atoms with Gasteiger partial charge in [0.1, 0.15) is 0 Å². The van der Waals surface area contributed by atoms with Crippen LogP contribution in [0.1, 0.15) is 39.5 Å². The van der Waals surface area contributed by atoms with Crippen molar-refractivity contribution >= 4 is 0 Å². The zero-order chi connectivity index (χ0) is 10.8. The van der Waals surface area contributed by atoms with Crippen molar-refractivity contribution in [3.8, 4) is 0 Å². The summed E-state index contributed by atoms with van der Waals surface area (Å²) in [6.45, 7) is 3.70. The monoisotopic (exact) mass is 200 g/mol. The number of hydrogen-bond donors (Lipinski definition) is 3. The Bertz CT molecular complexity index is 205. The predicted octanol–water partition coefficient (Wildman–Crippen LogP) is 0.980. The molecule has 0 saturated heterocycles. The minimum atomic E-state index is -0.942. The Kier molecular flexibility index (Phi) is 3.70. The summed E-state index contributed by atoms with van der Waals surface area (Å²) in [5.41, 5.74) is -0.263. The Morgan fingerprint density at radius 1 is 1.36 bits per heavy atom. The number of aliphatic hydroxyl groups is 3. The van der Waals surface area contributed by atoms with Gasteiger partial charge in [-0.05, 0) is 18.9 Å². The summed E-state index contributed by atoms with van der Waals surface area (Å²) < 4.78 is 0. The van der Waals surface area contributed by atoms with Crippen LogP contribution < -0.4 is 0 Å². The Labute approximate surface area is 85.1 Å². The average Bonchev–Trinajstić information content (AvgIpc) is 2.00. The van der Waals surface area contributed by atoms with Crippen molar-refractivity contribution in [2.75, 3.05) is 0 Å². The molecule has 1 saturated carbocycles. The van der Waals surface area contributed by atoms with Crippen molar-refractivity contribution in [2.45, 2.75) is 57.3 Å². The van der Waals surface area contributed by atoms with Crippen molar-refractivity contribution in [3.63, 3.8) is 0 Å². The molecule has 0 spiro atoms. The Morgan fingerprint density at radius 3 is 2.29 bits per heavy atom. The van der Waals surface area contributed by atoms with Crippen LogP contribution in [0.25, 0.3) is 0 Å². The molecule has 0 unspecified atom stereocenters. The molecule has 0 aromatic heterocycles. The van der Waals surface area contributed by atoms with Crippen molar-refractivity contribution in [3.05, 3.63) is 11.6 Å². The van der Waals surface area contributed by atoms with Gasteiger partial charge in [0.2, 0.25) is 0 Å². The summed E-state index contributed by atoms with van der Waals surface area (Å²) in [5, 5.41) is 29.1. The predicted molar refractivity (Wildman–Crippen MR) is 54.9 cm³/mol. The molecule has 0 aromatic rings. The maximum absolute atomic E-state index is 9.71. The van der Waals surface area contributed by atoms with Crippen molar-refractivity contribution < 1.29 is 15.3 Å². The zero-order valence-corrected chi connectivity index (χ0v) is 8.90. The summed E-state index contributed by atoms with van der Waals surface area (Å²) >= 11 is 0. The number of aliphatic hydroxyl groups excluding tert-OH is 2. The molecule has 3 heteroatoms. The van der Waals surface area contributed by atoms with Gasteiger partial charge < -0.3 is 15.3 Å². The van der Waals surface area contributed by atoms with Crippen LogP contribution in [0.2, 0.25) is 0 Å². The van der Waals surface area contributed by atoms with E-state index in [1.807, 2.05) is 6.08 Å². The van der Waals surface area contributed by atoms with E-state index in [-0.39, 0.29) is 0 Å². The van der Waals surface area contributed by atoms with E-state index in [2.05, 4.69) is 6.92 Å². The molecule has 0 heterocycles. The minimum absolute atomic E-state index is 0.319. The topological polar surface area (TPSA) is 60.7 Å². The van der Waals surface area contributed by atoms with Gasteiger partial charge in [-0.2, -0.15) is 0 Å². The zero-order valence-electron chi connectivity index (χ0n) is 8.90. The molecule has 3 nitrogen and oxygen atoms in total. The largest absolute Gasteiger partial charge is 0.390 e. The second-order valence-electron chi connectivity index (χ2n) is 4.43. The highest BCUT2D eigenvalue weighted by Gasteiger charge is 2.37. The lowest BCUT2D eigenvalue weighted by Crippen LogP contribution is -2.43. The van der Waals surface area contributed by atoms with Crippen LogP contribution >= 0.6 is 0 Å². The third-order valence-electron chi connectivity index (χ3n) is 2.70. The molecule has 1 aliphatic rings. The van der Waals surface area contributed by atoms with Gasteiger partial charge in [0, 0.05) is 12.8 Å². The molecule has 0 aliphatic heterocycles. The molecule has 0 radical (unpaired) electrons. The highest BCUT2D eigenvalue weighted by Crippen LogP contribution is 2.32. The fourth-order valence-corrected chi connectivity index (χ4v) is 1.96. The van der Waals surface area contributed by atoms with E-state index < -0.39 is 17.8 Å². The lowest BCUT2D eigenvalue weighted by atomic mass is 9.79. The number of hydrogen-bond acceptors (Lipinski definition) is 3. The fraction of sp³-hybridized carbons (Fsp3) is 0.818. The maximum Gasteiger partial charge on any atom is 0.0802 e. The summed E-state index contributed by atoms with van der Waals surface area (Å²) in [6, 6.07) is 0. The van der Waals surface area contributed by atoms with Gasteiger partial charge in [-0.25, -0.2) is 0 Å². The van der Waals surface area contributed by atoms with Crippen molar-refractivity contribution in [1.29, 1.82) is 0 Å².